The zero-order valence-corrected chi connectivity index (χ0v) is 14.8. The Balaban J connectivity index is 1.76. The predicted octanol–water partition coefficient (Wildman–Crippen LogP) is 2.69. The van der Waals surface area contributed by atoms with Crippen molar-refractivity contribution < 1.29 is 29.2 Å². The van der Waals surface area contributed by atoms with Crippen LogP contribution in [0.25, 0.3) is 0 Å². The molecule has 26 heavy (non-hydrogen) atoms. The highest BCUT2D eigenvalue weighted by Crippen LogP contribution is 2.34. The topological polar surface area (TPSA) is 85.2 Å². The molecular formula is C20H22O6. The van der Waals surface area contributed by atoms with Gasteiger partial charge in [-0.25, -0.2) is 0 Å². The van der Waals surface area contributed by atoms with E-state index >= 15 is 0 Å². The summed E-state index contributed by atoms with van der Waals surface area (Å²) in [4.78, 5) is 12.2. The normalized spacial score (nSPS) is 19.2. The quantitative estimate of drug-likeness (QED) is 0.610. The lowest BCUT2D eigenvalue weighted by Crippen LogP contribution is -2.20. The van der Waals surface area contributed by atoms with E-state index in [0.29, 0.717) is 30.9 Å². The van der Waals surface area contributed by atoms with Crippen molar-refractivity contribution in [3.05, 3.63) is 47.5 Å². The first-order valence-corrected chi connectivity index (χ1v) is 8.40. The van der Waals surface area contributed by atoms with Crippen molar-refractivity contribution in [1.82, 2.24) is 0 Å². The van der Waals surface area contributed by atoms with Crippen LogP contribution in [-0.2, 0) is 22.4 Å². The van der Waals surface area contributed by atoms with E-state index in [1.165, 1.54) is 12.1 Å². The number of aromatic hydroxyl groups is 2. The average molecular weight is 358 g/mol. The molecule has 138 valence electrons. The number of esters is 1. The lowest BCUT2D eigenvalue weighted by Gasteiger charge is -2.16. The largest absolute Gasteiger partial charge is 0.504 e. The molecule has 1 fully saturated rings. The number of phenols is 2. The molecule has 2 N–H and O–H groups in total. The summed E-state index contributed by atoms with van der Waals surface area (Å²) >= 11 is 0. The Morgan fingerprint density at radius 3 is 2.35 bits per heavy atom. The molecule has 0 bridgehead atoms. The third kappa shape index (κ3) is 3.69. The van der Waals surface area contributed by atoms with Crippen molar-refractivity contribution in [3.8, 4) is 23.0 Å². The molecule has 6 nitrogen and oxygen atoms in total. The summed E-state index contributed by atoms with van der Waals surface area (Å²) in [6.45, 7) is 0.346. The molecule has 1 heterocycles. The summed E-state index contributed by atoms with van der Waals surface area (Å²) in [5, 5.41) is 19.1. The molecule has 0 aromatic heterocycles. The molecule has 0 unspecified atom stereocenters. The zero-order valence-electron chi connectivity index (χ0n) is 14.8. The number of cyclic esters (lactones) is 1. The molecule has 3 rings (SSSR count). The Labute approximate surface area is 151 Å². The average Bonchev–Trinajstić information content (AvgIpc) is 2.98. The van der Waals surface area contributed by atoms with Gasteiger partial charge in [-0.2, -0.15) is 0 Å². The first-order chi connectivity index (χ1) is 12.5. The van der Waals surface area contributed by atoms with E-state index in [-0.39, 0.29) is 29.3 Å². The minimum atomic E-state index is -0.274. The maximum atomic E-state index is 12.2. The molecule has 0 aliphatic carbocycles. The van der Waals surface area contributed by atoms with Gasteiger partial charge in [-0.15, -0.1) is 0 Å². The number of hydrogen-bond donors (Lipinski definition) is 2. The summed E-state index contributed by atoms with van der Waals surface area (Å²) < 4.78 is 15.8. The number of methoxy groups -OCH3 is 2. The lowest BCUT2D eigenvalue weighted by atomic mass is 9.85. The third-order valence-electron chi connectivity index (χ3n) is 4.75. The van der Waals surface area contributed by atoms with Gasteiger partial charge >= 0.3 is 5.97 Å². The fourth-order valence-corrected chi connectivity index (χ4v) is 3.32. The lowest BCUT2D eigenvalue weighted by molar-refractivity contribution is -0.141. The number of ether oxygens (including phenoxy) is 3. The maximum absolute atomic E-state index is 12.2. The predicted molar refractivity (Wildman–Crippen MR) is 94.7 cm³/mol. The van der Waals surface area contributed by atoms with Crippen LogP contribution in [0.5, 0.6) is 23.0 Å². The highest BCUT2D eigenvalue weighted by molar-refractivity contribution is 5.75. The summed E-state index contributed by atoms with van der Waals surface area (Å²) in [6.07, 6.45) is 1.12. The van der Waals surface area contributed by atoms with E-state index in [2.05, 4.69) is 0 Å². The number of hydrogen-bond acceptors (Lipinski definition) is 6. The Bertz CT molecular complexity index is 801. The molecule has 6 heteroatoms. The molecular weight excluding hydrogens is 336 g/mol. The smallest absolute Gasteiger partial charge is 0.309 e. The summed E-state index contributed by atoms with van der Waals surface area (Å²) in [6, 6.07) is 10.3. The van der Waals surface area contributed by atoms with Gasteiger partial charge in [-0.05, 0) is 48.2 Å². The Kier molecular flexibility index (Phi) is 5.21. The van der Waals surface area contributed by atoms with Crippen LogP contribution in [-0.4, -0.2) is 37.0 Å². The van der Waals surface area contributed by atoms with Gasteiger partial charge in [0.15, 0.2) is 23.0 Å². The molecule has 0 radical (unpaired) electrons. The van der Waals surface area contributed by atoms with Crippen LogP contribution in [0.2, 0.25) is 0 Å². The second-order valence-electron chi connectivity index (χ2n) is 6.42. The van der Waals surface area contributed by atoms with Crippen molar-refractivity contribution in [2.24, 2.45) is 11.8 Å². The van der Waals surface area contributed by atoms with Crippen LogP contribution in [0.15, 0.2) is 36.4 Å². The molecule has 0 saturated carbocycles. The number of benzene rings is 2. The zero-order chi connectivity index (χ0) is 18.7. The van der Waals surface area contributed by atoms with Crippen molar-refractivity contribution in [3.63, 3.8) is 0 Å². The first kappa shape index (κ1) is 17.9. The molecule has 2 aromatic carbocycles. The Morgan fingerprint density at radius 2 is 1.65 bits per heavy atom. The maximum Gasteiger partial charge on any atom is 0.309 e. The summed E-state index contributed by atoms with van der Waals surface area (Å²) in [7, 11) is 3.15. The number of rotatable bonds is 6. The van der Waals surface area contributed by atoms with Gasteiger partial charge < -0.3 is 24.4 Å². The van der Waals surface area contributed by atoms with E-state index in [1.807, 2.05) is 18.2 Å². The van der Waals surface area contributed by atoms with Crippen LogP contribution in [0, 0.1) is 11.8 Å². The number of carbonyl (C=O) groups is 1. The van der Waals surface area contributed by atoms with Gasteiger partial charge in [0.05, 0.1) is 26.7 Å². The van der Waals surface area contributed by atoms with Gasteiger partial charge in [0.25, 0.3) is 0 Å². The molecule has 1 aliphatic rings. The van der Waals surface area contributed by atoms with Crippen LogP contribution in [0.1, 0.15) is 11.1 Å². The molecule has 2 atom stereocenters. The standard InChI is InChI=1S/C20H22O6/c1-24-18-6-4-13(10-19(18)25-2)8-15-14(11-26-20(15)23)7-12-3-5-16(21)17(22)9-12/h3-6,9-10,14-15,21-22H,7-8,11H2,1-2H3/t14-,15+/m1/s1. The SMILES string of the molecule is COc1ccc(C[C@@H]2C(=O)OC[C@H]2Cc2ccc(O)c(O)c2)cc1OC. The monoisotopic (exact) mass is 358 g/mol. The second-order valence-corrected chi connectivity index (χ2v) is 6.42. The van der Waals surface area contributed by atoms with E-state index in [4.69, 9.17) is 14.2 Å². The van der Waals surface area contributed by atoms with Crippen molar-refractivity contribution in [1.29, 1.82) is 0 Å². The Hall–Kier alpha value is -2.89. The van der Waals surface area contributed by atoms with Crippen molar-refractivity contribution in [2.75, 3.05) is 20.8 Å². The fourth-order valence-electron chi connectivity index (χ4n) is 3.32. The highest BCUT2D eigenvalue weighted by atomic mass is 16.5. The van der Waals surface area contributed by atoms with Crippen LogP contribution in [0.4, 0.5) is 0 Å². The minimum absolute atomic E-state index is 0.000426. The summed E-state index contributed by atoms with van der Waals surface area (Å²) in [5.74, 6) is 0.452. The van der Waals surface area contributed by atoms with E-state index in [1.54, 1.807) is 20.3 Å². The molecule has 0 spiro atoms. The van der Waals surface area contributed by atoms with E-state index < -0.39 is 0 Å². The van der Waals surface area contributed by atoms with Crippen molar-refractivity contribution in [2.45, 2.75) is 12.8 Å². The van der Waals surface area contributed by atoms with Crippen LogP contribution < -0.4 is 9.47 Å². The second kappa shape index (κ2) is 7.56. The van der Waals surface area contributed by atoms with Gasteiger partial charge in [-0.1, -0.05) is 12.1 Å². The molecule has 2 aromatic rings. The van der Waals surface area contributed by atoms with Crippen LogP contribution in [0.3, 0.4) is 0 Å². The van der Waals surface area contributed by atoms with Gasteiger partial charge in [0.1, 0.15) is 0 Å². The van der Waals surface area contributed by atoms with Crippen molar-refractivity contribution >= 4 is 5.97 Å². The first-order valence-electron chi connectivity index (χ1n) is 8.40. The summed E-state index contributed by atoms with van der Waals surface area (Å²) in [5.41, 5.74) is 1.81. The van der Waals surface area contributed by atoms with Gasteiger partial charge in [0.2, 0.25) is 0 Å². The van der Waals surface area contributed by atoms with E-state index in [0.717, 1.165) is 11.1 Å². The van der Waals surface area contributed by atoms with Gasteiger partial charge in [-0.3, -0.25) is 4.79 Å². The number of carbonyl (C=O) groups excluding carboxylic acids is 1. The molecule has 1 aliphatic heterocycles. The highest BCUT2D eigenvalue weighted by Gasteiger charge is 2.37. The third-order valence-corrected chi connectivity index (χ3v) is 4.75. The molecule has 1 saturated heterocycles. The molecule has 0 amide bonds. The number of phenolic OH excluding ortho intramolecular Hbond substituents is 2. The van der Waals surface area contributed by atoms with E-state index in [9.17, 15) is 15.0 Å². The Morgan fingerprint density at radius 1 is 0.962 bits per heavy atom. The fraction of sp³-hybridized carbons (Fsp3) is 0.350. The van der Waals surface area contributed by atoms with Gasteiger partial charge in [0, 0.05) is 5.92 Å². The van der Waals surface area contributed by atoms with Crippen LogP contribution >= 0.6 is 0 Å². The minimum Gasteiger partial charge on any atom is -0.504 e.